The van der Waals surface area contributed by atoms with E-state index in [2.05, 4.69) is 20.6 Å². The quantitative estimate of drug-likeness (QED) is 0.766. The molecule has 0 spiro atoms. The molecule has 1 aliphatic heterocycles. The van der Waals surface area contributed by atoms with Crippen molar-refractivity contribution in [1.29, 1.82) is 0 Å². The zero-order chi connectivity index (χ0) is 13.0. The molecule has 1 atom stereocenters. The molecule has 0 amide bonds. The van der Waals surface area contributed by atoms with Crippen LogP contribution in [0.5, 0.6) is 0 Å². The highest BCUT2D eigenvalue weighted by Gasteiger charge is 2.11. The second kappa shape index (κ2) is 5.73. The van der Waals surface area contributed by atoms with E-state index in [1.165, 1.54) is 0 Å². The van der Waals surface area contributed by atoms with Crippen molar-refractivity contribution in [3.05, 3.63) is 34.9 Å². The van der Waals surface area contributed by atoms with Crippen LogP contribution in [0.1, 0.15) is 12.5 Å². The maximum atomic E-state index is 6.07. The molecule has 0 bridgehead atoms. The maximum Gasteiger partial charge on any atom is 0.199 e. The first-order valence-corrected chi connectivity index (χ1v) is 6.17. The predicted octanol–water partition coefficient (Wildman–Crippen LogP) is 1.09. The lowest BCUT2D eigenvalue weighted by molar-refractivity contribution is 0.663. The number of halogens is 1. The molecule has 0 aliphatic carbocycles. The molecule has 5 nitrogen and oxygen atoms in total. The highest BCUT2D eigenvalue weighted by Crippen LogP contribution is 2.15. The van der Waals surface area contributed by atoms with Gasteiger partial charge in [0.05, 0.1) is 0 Å². The van der Waals surface area contributed by atoms with Gasteiger partial charge in [-0.25, -0.2) is 4.99 Å². The minimum Gasteiger partial charge on any atom is -0.370 e. The SMILES string of the molecule is CC1N=C(N)NC(=NCCc2ccccc2Cl)N1. The average molecular weight is 266 g/mol. The van der Waals surface area contributed by atoms with Crippen molar-refractivity contribution >= 4 is 23.5 Å². The Kier molecular flexibility index (Phi) is 4.04. The Morgan fingerprint density at radius 2 is 2.22 bits per heavy atom. The Morgan fingerprint density at radius 1 is 1.44 bits per heavy atom. The lowest BCUT2D eigenvalue weighted by atomic mass is 10.1. The minimum absolute atomic E-state index is 0.0506. The topological polar surface area (TPSA) is 74.8 Å². The van der Waals surface area contributed by atoms with Gasteiger partial charge in [-0.15, -0.1) is 0 Å². The lowest BCUT2D eigenvalue weighted by Gasteiger charge is -2.20. The third kappa shape index (κ3) is 3.37. The van der Waals surface area contributed by atoms with Crippen LogP contribution in [0.25, 0.3) is 0 Å². The first kappa shape index (κ1) is 12.7. The number of hydrogen-bond donors (Lipinski definition) is 3. The van der Waals surface area contributed by atoms with Crippen molar-refractivity contribution in [3.63, 3.8) is 0 Å². The van der Waals surface area contributed by atoms with Crippen molar-refractivity contribution in [2.75, 3.05) is 6.54 Å². The van der Waals surface area contributed by atoms with Gasteiger partial charge in [-0.3, -0.25) is 10.3 Å². The lowest BCUT2D eigenvalue weighted by Crippen LogP contribution is -2.52. The van der Waals surface area contributed by atoms with E-state index in [1.54, 1.807) is 0 Å². The highest BCUT2D eigenvalue weighted by molar-refractivity contribution is 6.31. The molecule has 1 aromatic rings. The molecule has 1 aromatic carbocycles. The summed E-state index contributed by atoms with van der Waals surface area (Å²) in [5.41, 5.74) is 6.71. The molecule has 1 unspecified atom stereocenters. The van der Waals surface area contributed by atoms with Crippen molar-refractivity contribution in [2.45, 2.75) is 19.5 Å². The fourth-order valence-electron chi connectivity index (χ4n) is 1.70. The molecule has 2 rings (SSSR count). The Hall–Kier alpha value is -1.75. The monoisotopic (exact) mass is 265 g/mol. The molecule has 6 heteroatoms. The molecule has 1 heterocycles. The van der Waals surface area contributed by atoms with Gasteiger partial charge in [0.2, 0.25) is 0 Å². The van der Waals surface area contributed by atoms with Gasteiger partial charge in [0.15, 0.2) is 11.9 Å². The summed E-state index contributed by atoms with van der Waals surface area (Å²) < 4.78 is 0. The number of nitrogens with one attached hydrogen (secondary N) is 2. The number of guanidine groups is 2. The van der Waals surface area contributed by atoms with Crippen LogP contribution in [0.4, 0.5) is 0 Å². The van der Waals surface area contributed by atoms with E-state index in [0.717, 1.165) is 17.0 Å². The van der Waals surface area contributed by atoms with Gasteiger partial charge in [-0.1, -0.05) is 29.8 Å². The van der Waals surface area contributed by atoms with Gasteiger partial charge >= 0.3 is 0 Å². The maximum absolute atomic E-state index is 6.07. The first-order chi connectivity index (χ1) is 8.65. The molecule has 0 radical (unpaired) electrons. The van der Waals surface area contributed by atoms with Gasteiger partial charge in [0.1, 0.15) is 6.17 Å². The number of rotatable bonds is 3. The molecule has 1 aliphatic rings. The number of hydrogen-bond acceptors (Lipinski definition) is 3. The molecular weight excluding hydrogens is 250 g/mol. The van der Waals surface area contributed by atoms with Crippen molar-refractivity contribution in [3.8, 4) is 0 Å². The van der Waals surface area contributed by atoms with Crippen LogP contribution in [0, 0.1) is 0 Å². The molecule has 0 saturated heterocycles. The summed E-state index contributed by atoms with van der Waals surface area (Å²) in [6.45, 7) is 2.55. The van der Waals surface area contributed by atoms with Crippen molar-refractivity contribution in [2.24, 2.45) is 15.7 Å². The van der Waals surface area contributed by atoms with Crippen LogP contribution in [-0.4, -0.2) is 24.6 Å². The Labute approximate surface area is 111 Å². The highest BCUT2D eigenvalue weighted by atomic mass is 35.5. The predicted molar refractivity (Wildman–Crippen MR) is 74.8 cm³/mol. The van der Waals surface area contributed by atoms with Gasteiger partial charge in [-0.2, -0.15) is 0 Å². The van der Waals surface area contributed by atoms with Gasteiger partial charge in [0, 0.05) is 11.6 Å². The summed E-state index contributed by atoms with van der Waals surface area (Å²) in [4.78, 5) is 8.48. The van der Waals surface area contributed by atoms with E-state index in [0.29, 0.717) is 18.5 Å². The van der Waals surface area contributed by atoms with Gasteiger partial charge in [0.25, 0.3) is 0 Å². The number of nitrogens with zero attached hydrogens (tertiary/aromatic N) is 2. The third-order valence-corrected chi connectivity index (χ3v) is 2.90. The molecule has 18 heavy (non-hydrogen) atoms. The summed E-state index contributed by atoms with van der Waals surface area (Å²) in [5.74, 6) is 1.04. The summed E-state index contributed by atoms with van der Waals surface area (Å²) in [5, 5.41) is 6.74. The average Bonchev–Trinajstić information content (AvgIpc) is 2.30. The molecule has 0 aromatic heterocycles. The van der Waals surface area contributed by atoms with Gasteiger partial charge < -0.3 is 11.1 Å². The van der Waals surface area contributed by atoms with Crippen LogP contribution in [0.3, 0.4) is 0 Å². The molecular formula is C12H16ClN5. The van der Waals surface area contributed by atoms with Crippen LogP contribution in [-0.2, 0) is 6.42 Å². The van der Waals surface area contributed by atoms with Crippen LogP contribution in [0.2, 0.25) is 5.02 Å². The fourth-order valence-corrected chi connectivity index (χ4v) is 1.93. The molecule has 96 valence electrons. The van der Waals surface area contributed by atoms with E-state index >= 15 is 0 Å². The largest absolute Gasteiger partial charge is 0.370 e. The first-order valence-electron chi connectivity index (χ1n) is 5.80. The molecule has 0 fully saturated rings. The van der Waals surface area contributed by atoms with E-state index in [1.807, 2.05) is 31.2 Å². The summed E-state index contributed by atoms with van der Waals surface area (Å²) in [6, 6.07) is 7.77. The molecule has 0 saturated carbocycles. The second-order valence-corrected chi connectivity index (χ2v) is 4.44. The molecule has 4 N–H and O–H groups in total. The summed E-state index contributed by atoms with van der Waals surface area (Å²) >= 11 is 6.07. The smallest absolute Gasteiger partial charge is 0.199 e. The van der Waals surface area contributed by atoms with Crippen molar-refractivity contribution < 1.29 is 0 Å². The summed E-state index contributed by atoms with van der Waals surface area (Å²) in [7, 11) is 0. The Bertz CT molecular complexity index is 483. The Balaban J connectivity index is 1.92. The van der Waals surface area contributed by atoms with Gasteiger partial charge in [-0.05, 0) is 25.0 Å². The van der Waals surface area contributed by atoms with Crippen LogP contribution < -0.4 is 16.4 Å². The van der Waals surface area contributed by atoms with E-state index in [4.69, 9.17) is 17.3 Å². The number of aliphatic imine (C=N–C) groups is 2. The standard InChI is InChI=1S/C12H16ClN5/c1-8-16-11(14)18-12(17-8)15-7-6-9-4-2-3-5-10(9)13/h2-5,8H,6-7H2,1H3,(H4,14,15,16,17,18). The minimum atomic E-state index is -0.0506. The fraction of sp³-hybridized carbons (Fsp3) is 0.333. The van der Waals surface area contributed by atoms with Crippen LogP contribution >= 0.6 is 11.6 Å². The number of benzene rings is 1. The normalized spacial score (nSPS) is 21.1. The van der Waals surface area contributed by atoms with E-state index in [-0.39, 0.29) is 6.17 Å². The Morgan fingerprint density at radius 3 is 2.94 bits per heavy atom. The zero-order valence-electron chi connectivity index (χ0n) is 10.2. The zero-order valence-corrected chi connectivity index (χ0v) is 10.9. The summed E-state index contributed by atoms with van der Waals surface area (Å²) in [6.07, 6.45) is 0.739. The van der Waals surface area contributed by atoms with E-state index < -0.39 is 0 Å². The van der Waals surface area contributed by atoms with Crippen LogP contribution in [0.15, 0.2) is 34.3 Å². The van der Waals surface area contributed by atoms with Crippen molar-refractivity contribution in [1.82, 2.24) is 10.6 Å². The second-order valence-electron chi connectivity index (χ2n) is 4.03. The van der Waals surface area contributed by atoms with E-state index in [9.17, 15) is 0 Å². The number of nitrogens with two attached hydrogens (primary N) is 1. The third-order valence-electron chi connectivity index (χ3n) is 2.53.